The van der Waals surface area contributed by atoms with Crippen molar-refractivity contribution < 1.29 is 27.1 Å². The van der Waals surface area contributed by atoms with Gasteiger partial charge in [0.15, 0.2) is 6.61 Å². The number of rotatable bonds is 7. The quantitative estimate of drug-likeness (QED) is 0.570. The molecule has 0 aliphatic carbocycles. The molecule has 172 valence electrons. The van der Waals surface area contributed by atoms with Crippen molar-refractivity contribution in [1.29, 1.82) is 0 Å². The van der Waals surface area contributed by atoms with Crippen molar-refractivity contribution in [3.05, 3.63) is 83.7 Å². The van der Waals surface area contributed by atoms with Crippen molar-refractivity contribution in [1.82, 2.24) is 4.31 Å². The maximum absolute atomic E-state index is 13.2. The van der Waals surface area contributed by atoms with Gasteiger partial charge >= 0.3 is 0 Å². The zero-order valence-corrected chi connectivity index (χ0v) is 18.8. The number of methoxy groups -OCH3 is 1. The van der Waals surface area contributed by atoms with Crippen LogP contribution in [0.25, 0.3) is 0 Å². The van der Waals surface area contributed by atoms with Crippen LogP contribution in [0, 0.1) is 5.82 Å². The van der Waals surface area contributed by atoms with Crippen molar-refractivity contribution in [3.63, 3.8) is 0 Å². The Labute approximate surface area is 191 Å². The molecule has 4 rings (SSSR count). The van der Waals surface area contributed by atoms with E-state index in [4.69, 9.17) is 9.47 Å². The molecule has 3 aromatic rings. The minimum atomic E-state index is -3.75. The smallest absolute Gasteiger partial charge is 0.262 e. The Balaban J connectivity index is 1.40. The predicted molar refractivity (Wildman–Crippen MR) is 121 cm³/mol. The van der Waals surface area contributed by atoms with Crippen LogP contribution in [0.15, 0.2) is 71.6 Å². The molecular weight excluding hydrogens is 447 g/mol. The second-order valence-corrected chi connectivity index (χ2v) is 9.48. The van der Waals surface area contributed by atoms with Crippen LogP contribution in [0.1, 0.15) is 11.1 Å². The van der Waals surface area contributed by atoms with Gasteiger partial charge < -0.3 is 14.8 Å². The number of ether oxygens (including phenoxy) is 2. The Kier molecular flexibility index (Phi) is 6.62. The number of fused-ring (bicyclic) bond motifs is 1. The molecule has 7 nitrogen and oxygen atoms in total. The predicted octanol–water partition coefficient (Wildman–Crippen LogP) is 3.60. The third-order valence-electron chi connectivity index (χ3n) is 5.35. The Morgan fingerprint density at radius 2 is 1.70 bits per heavy atom. The first kappa shape index (κ1) is 22.8. The highest BCUT2D eigenvalue weighted by Gasteiger charge is 2.28. The van der Waals surface area contributed by atoms with Crippen LogP contribution < -0.4 is 14.8 Å². The van der Waals surface area contributed by atoms with Crippen molar-refractivity contribution in [2.75, 3.05) is 25.6 Å². The monoisotopic (exact) mass is 470 g/mol. The van der Waals surface area contributed by atoms with E-state index in [9.17, 15) is 17.6 Å². The van der Waals surface area contributed by atoms with E-state index in [2.05, 4.69) is 5.32 Å². The molecule has 0 fully saturated rings. The van der Waals surface area contributed by atoms with Gasteiger partial charge in [-0.15, -0.1) is 0 Å². The topological polar surface area (TPSA) is 84.9 Å². The molecule has 0 atom stereocenters. The third kappa shape index (κ3) is 5.32. The zero-order chi connectivity index (χ0) is 23.4. The number of nitrogens with zero attached hydrogens (tertiary/aromatic N) is 1. The molecule has 1 aliphatic heterocycles. The van der Waals surface area contributed by atoms with E-state index in [1.165, 1.54) is 16.4 Å². The van der Waals surface area contributed by atoms with Crippen LogP contribution in [0.5, 0.6) is 11.5 Å². The lowest BCUT2D eigenvalue weighted by molar-refractivity contribution is -0.118. The number of benzene rings is 3. The second kappa shape index (κ2) is 9.60. The summed E-state index contributed by atoms with van der Waals surface area (Å²) in [5.74, 6) is 0.404. The molecule has 1 heterocycles. The molecule has 0 unspecified atom stereocenters. The lowest BCUT2D eigenvalue weighted by Crippen LogP contribution is -2.36. The first-order valence-corrected chi connectivity index (χ1v) is 11.7. The lowest BCUT2D eigenvalue weighted by atomic mass is 10.0. The molecule has 1 N–H and O–H groups in total. The number of anilines is 1. The molecule has 0 radical (unpaired) electrons. The second-order valence-electron chi connectivity index (χ2n) is 7.54. The summed E-state index contributed by atoms with van der Waals surface area (Å²) in [4.78, 5) is 12.4. The van der Waals surface area contributed by atoms with E-state index in [1.807, 2.05) is 6.07 Å². The number of nitrogens with one attached hydrogen (secondary N) is 1. The highest BCUT2D eigenvalue weighted by Crippen LogP contribution is 2.27. The Bertz CT molecular complexity index is 1240. The lowest BCUT2D eigenvalue weighted by Gasteiger charge is -2.28. The standard InChI is InChI=1S/C24H23FN2O5S/c1-31-21-6-8-22(9-7-21)32-16-24(28)26-20-5-2-17-12-13-27(15-18(17)14-20)33(29,30)23-10-3-19(25)4-11-23/h2-11,14H,12-13,15-16H2,1H3,(H,26,28). The van der Waals surface area contributed by atoms with Crippen LogP contribution in [0.2, 0.25) is 0 Å². The number of hydrogen-bond donors (Lipinski definition) is 1. The van der Waals surface area contributed by atoms with E-state index in [0.29, 0.717) is 30.2 Å². The molecule has 9 heteroatoms. The van der Waals surface area contributed by atoms with Gasteiger partial charge in [0, 0.05) is 18.8 Å². The molecule has 0 saturated carbocycles. The molecule has 33 heavy (non-hydrogen) atoms. The van der Waals surface area contributed by atoms with Gasteiger partial charge in [0.05, 0.1) is 12.0 Å². The minimum absolute atomic E-state index is 0.0486. The summed E-state index contributed by atoms with van der Waals surface area (Å²) < 4.78 is 51.0. The Hall–Kier alpha value is -3.43. The SMILES string of the molecule is COc1ccc(OCC(=O)Nc2ccc3c(c2)CN(S(=O)(=O)c2ccc(F)cc2)CC3)cc1. The average Bonchev–Trinajstić information content (AvgIpc) is 2.83. The first-order chi connectivity index (χ1) is 15.8. The number of halogens is 1. The fourth-order valence-electron chi connectivity index (χ4n) is 3.59. The number of sulfonamides is 1. The van der Waals surface area contributed by atoms with Gasteiger partial charge in [-0.05, 0) is 78.2 Å². The van der Waals surface area contributed by atoms with Crippen molar-refractivity contribution in [2.45, 2.75) is 17.9 Å². The van der Waals surface area contributed by atoms with Crippen molar-refractivity contribution in [3.8, 4) is 11.5 Å². The van der Waals surface area contributed by atoms with Gasteiger partial charge in [0.1, 0.15) is 17.3 Å². The van der Waals surface area contributed by atoms with E-state index >= 15 is 0 Å². The van der Waals surface area contributed by atoms with Gasteiger partial charge in [0.2, 0.25) is 10.0 Å². The van der Waals surface area contributed by atoms with Gasteiger partial charge in [-0.25, -0.2) is 12.8 Å². The van der Waals surface area contributed by atoms with E-state index in [0.717, 1.165) is 23.3 Å². The molecule has 3 aromatic carbocycles. The van der Waals surface area contributed by atoms with Gasteiger partial charge in [-0.2, -0.15) is 4.31 Å². The maximum atomic E-state index is 13.2. The molecule has 1 amide bonds. The summed E-state index contributed by atoms with van der Waals surface area (Å²) in [5.41, 5.74) is 2.38. The molecule has 0 saturated heterocycles. The Morgan fingerprint density at radius 3 is 2.39 bits per heavy atom. The first-order valence-electron chi connectivity index (χ1n) is 10.3. The van der Waals surface area contributed by atoms with Gasteiger partial charge in [0.25, 0.3) is 5.91 Å². The van der Waals surface area contributed by atoms with Crippen molar-refractivity contribution >= 4 is 21.6 Å². The number of carbonyl (C=O) groups excluding carboxylic acids is 1. The van der Waals surface area contributed by atoms with Crippen LogP contribution in [-0.4, -0.2) is 38.9 Å². The van der Waals surface area contributed by atoms with Crippen LogP contribution >= 0.6 is 0 Å². The van der Waals surface area contributed by atoms with Crippen LogP contribution in [0.4, 0.5) is 10.1 Å². The average molecular weight is 471 g/mol. The number of amides is 1. The molecule has 1 aliphatic rings. The van der Waals surface area contributed by atoms with Gasteiger partial charge in [-0.3, -0.25) is 4.79 Å². The minimum Gasteiger partial charge on any atom is -0.497 e. The molecular formula is C24H23FN2O5S. The maximum Gasteiger partial charge on any atom is 0.262 e. The third-order valence-corrected chi connectivity index (χ3v) is 7.21. The fraction of sp³-hybridized carbons (Fsp3) is 0.208. The normalized spacial score (nSPS) is 13.8. The summed E-state index contributed by atoms with van der Waals surface area (Å²) in [6, 6.07) is 17.1. The molecule has 0 aromatic heterocycles. The number of hydrogen-bond acceptors (Lipinski definition) is 5. The summed E-state index contributed by atoms with van der Waals surface area (Å²) in [6.07, 6.45) is 0.546. The van der Waals surface area contributed by atoms with Crippen LogP contribution in [0.3, 0.4) is 0 Å². The van der Waals surface area contributed by atoms with E-state index in [1.54, 1.807) is 43.5 Å². The molecule has 0 spiro atoms. The summed E-state index contributed by atoms with van der Waals surface area (Å²) in [5, 5.41) is 2.78. The number of carbonyl (C=O) groups is 1. The highest BCUT2D eigenvalue weighted by atomic mass is 32.2. The van der Waals surface area contributed by atoms with E-state index in [-0.39, 0.29) is 24.0 Å². The van der Waals surface area contributed by atoms with Crippen LogP contribution in [-0.2, 0) is 27.8 Å². The van der Waals surface area contributed by atoms with E-state index < -0.39 is 15.8 Å². The van der Waals surface area contributed by atoms with Gasteiger partial charge in [-0.1, -0.05) is 6.07 Å². The highest BCUT2D eigenvalue weighted by molar-refractivity contribution is 7.89. The summed E-state index contributed by atoms with van der Waals surface area (Å²) in [6.45, 7) is 0.323. The summed E-state index contributed by atoms with van der Waals surface area (Å²) in [7, 11) is -2.18. The summed E-state index contributed by atoms with van der Waals surface area (Å²) >= 11 is 0. The Morgan fingerprint density at radius 1 is 1.00 bits per heavy atom. The fourth-order valence-corrected chi connectivity index (χ4v) is 5.01. The largest absolute Gasteiger partial charge is 0.497 e. The zero-order valence-electron chi connectivity index (χ0n) is 18.0. The molecule has 0 bridgehead atoms. The van der Waals surface area contributed by atoms with Crippen molar-refractivity contribution in [2.24, 2.45) is 0 Å².